The molecular formula is C19H16ClN3O6S. The molecule has 1 aromatic heterocycles. The number of esters is 1. The Kier molecular flexibility index (Phi) is 6.60. The molecule has 1 heterocycles. The lowest BCUT2D eigenvalue weighted by molar-refractivity contribution is -0.143. The zero-order chi connectivity index (χ0) is 21.7. The van der Waals surface area contributed by atoms with E-state index in [1.165, 1.54) is 31.2 Å². The molecule has 0 unspecified atom stereocenters. The van der Waals surface area contributed by atoms with Gasteiger partial charge in [0, 0.05) is 5.56 Å². The SMILES string of the molecule is CC(=O)c1ccc(S(=O)(=O)NCC(=O)OCc2noc(-c3ccccc3Cl)n2)cc1. The Hall–Kier alpha value is -3.08. The molecule has 156 valence electrons. The fourth-order valence-electron chi connectivity index (χ4n) is 2.36. The molecule has 0 aliphatic heterocycles. The van der Waals surface area contributed by atoms with Gasteiger partial charge in [0.25, 0.3) is 5.89 Å². The number of carbonyl (C=O) groups is 2. The highest BCUT2D eigenvalue weighted by Gasteiger charge is 2.18. The van der Waals surface area contributed by atoms with Gasteiger partial charge in [0.1, 0.15) is 6.54 Å². The maximum Gasteiger partial charge on any atom is 0.321 e. The molecule has 0 aliphatic rings. The Labute approximate surface area is 177 Å². The number of aromatic nitrogens is 2. The number of benzene rings is 2. The van der Waals surface area contributed by atoms with Crippen LogP contribution in [0.5, 0.6) is 0 Å². The molecule has 0 radical (unpaired) electrons. The third-order valence-electron chi connectivity index (χ3n) is 3.91. The Bertz CT molecular complexity index is 1170. The fraction of sp³-hybridized carbons (Fsp3) is 0.158. The maximum absolute atomic E-state index is 12.2. The summed E-state index contributed by atoms with van der Waals surface area (Å²) < 4.78 is 36.6. The molecule has 30 heavy (non-hydrogen) atoms. The number of ether oxygens (including phenoxy) is 1. The zero-order valence-electron chi connectivity index (χ0n) is 15.7. The molecule has 1 N–H and O–H groups in total. The van der Waals surface area contributed by atoms with Crippen molar-refractivity contribution in [3.8, 4) is 11.5 Å². The second-order valence-electron chi connectivity index (χ2n) is 6.06. The first-order chi connectivity index (χ1) is 14.3. The van der Waals surface area contributed by atoms with Crippen LogP contribution in [0.3, 0.4) is 0 Å². The first kappa shape index (κ1) is 21.6. The van der Waals surface area contributed by atoms with Gasteiger partial charge in [-0.1, -0.05) is 41.0 Å². The molecule has 0 saturated carbocycles. The quantitative estimate of drug-likeness (QED) is 0.410. The van der Waals surface area contributed by atoms with E-state index in [0.717, 1.165) is 0 Å². The summed E-state index contributed by atoms with van der Waals surface area (Å²) in [5.41, 5.74) is 0.914. The molecule has 11 heteroatoms. The van der Waals surface area contributed by atoms with Crippen LogP contribution in [0, 0.1) is 0 Å². The van der Waals surface area contributed by atoms with Crippen molar-refractivity contribution in [1.29, 1.82) is 0 Å². The van der Waals surface area contributed by atoms with Crippen molar-refractivity contribution in [1.82, 2.24) is 14.9 Å². The lowest BCUT2D eigenvalue weighted by Crippen LogP contribution is -2.30. The summed E-state index contributed by atoms with van der Waals surface area (Å²) in [4.78, 5) is 27.1. The van der Waals surface area contributed by atoms with Crippen LogP contribution in [-0.2, 0) is 26.2 Å². The number of carbonyl (C=O) groups excluding carboxylic acids is 2. The van der Waals surface area contributed by atoms with Gasteiger partial charge in [0.15, 0.2) is 12.4 Å². The van der Waals surface area contributed by atoms with Gasteiger partial charge < -0.3 is 9.26 Å². The largest absolute Gasteiger partial charge is 0.456 e. The van der Waals surface area contributed by atoms with Crippen molar-refractivity contribution in [3.05, 3.63) is 64.9 Å². The number of nitrogens with one attached hydrogen (secondary N) is 1. The minimum atomic E-state index is -3.94. The van der Waals surface area contributed by atoms with Crippen molar-refractivity contribution in [3.63, 3.8) is 0 Å². The average Bonchev–Trinajstić information content (AvgIpc) is 3.20. The van der Waals surface area contributed by atoms with E-state index >= 15 is 0 Å². The highest BCUT2D eigenvalue weighted by molar-refractivity contribution is 7.89. The number of rotatable bonds is 8. The van der Waals surface area contributed by atoms with Crippen molar-refractivity contribution in [2.24, 2.45) is 0 Å². The van der Waals surface area contributed by atoms with Crippen molar-refractivity contribution in [2.75, 3.05) is 6.54 Å². The number of halogens is 1. The van der Waals surface area contributed by atoms with Gasteiger partial charge in [-0.3, -0.25) is 9.59 Å². The van der Waals surface area contributed by atoms with Crippen LogP contribution in [0.25, 0.3) is 11.5 Å². The van der Waals surface area contributed by atoms with Gasteiger partial charge in [-0.2, -0.15) is 9.71 Å². The molecule has 3 aromatic rings. The Morgan fingerprint density at radius 3 is 2.50 bits per heavy atom. The number of sulfonamides is 1. The zero-order valence-corrected chi connectivity index (χ0v) is 17.2. The smallest absolute Gasteiger partial charge is 0.321 e. The summed E-state index contributed by atoms with van der Waals surface area (Å²) in [6.07, 6.45) is 0. The molecule has 0 bridgehead atoms. The predicted molar refractivity (Wildman–Crippen MR) is 106 cm³/mol. The van der Waals surface area contributed by atoms with Gasteiger partial charge >= 0.3 is 5.97 Å². The Morgan fingerprint density at radius 2 is 1.83 bits per heavy atom. The van der Waals surface area contributed by atoms with E-state index < -0.39 is 22.5 Å². The molecule has 0 saturated heterocycles. The number of ketones is 1. The van der Waals surface area contributed by atoms with Crippen LogP contribution < -0.4 is 4.72 Å². The monoisotopic (exact) mass is 449 g/mol. The van der Waals surface area contributed by atoms with Crippen LogP contribution >= 0.6 is 11.6 Å². The standard InChI is InChI=1S/C19H16ClN3O6S/c1-12(24)13-6-8-14(9-7-13)30(26,27)21-10-18(25)28-11-17-22-19(29-23-17)15-4-2-3-5-16(15)20/h2-9,21H,10-11H2,1H3. The number of hydrogen-bond acceptors (Lipinski definition) is 8. The van der Waals surface area contributed by atoms with E-state index in [2.05, 4.69) is 14.9 Å². The topological polar surface area (TPSA) is 128 Å². The summed E-state index contributed by atoms with van der Waals surface area (Å²) >= 11 is 6.06. The molecule has 0 fully saturated rings. The van der Waals surface area contributed by atoms with E-state index in [0.29, 0.717) is 16.1 Å². The van der Waals surface area contributed by atoms with E-state index in [4.69, 9.17) is 20.9 Å². The maximum atomic E-state index is 12.2. The van der Waals surface area contributed by atoms with Gasteiger partial charge in [-0.25, -0.2) is 8.42 Å². The van der Waals surface area contributed by atoms with Crippen LogP contribution in [0.2, 0.25) is 5.02 Å². The van der Waals surface area contributed by atoms with Gasteiger partial charge in [-0.15, -0.1) is 0 Å². The van der Waals surface area contributed by atoms with Crippen LogP contribution in [0.15, 0.2) is 57.9 Å². The minimum absolute atomic E-state index is 0.0807. The summed E-state index contributed by atoms with van der Waals surface area (Å²) in [7, 11) is -3.94. The third-order valence-corrected chi connectivity index (χ3v) is 5.66. The van der Waals surface area contributed by atoms with E-state index in [9.17, 15) is 18.0 Å². The molecule has 0 atom stereocenters. The molecular weight excluding hydrogens is 434 g/mol. The van der Waals surface area contributed by atoms with Crippen LogP contribution in [-0.4, -0.2) is 36.9 Å². The van der Waals surface area contributed by atoms with Crippen molar-refractivity contribution in [2.45, 2.75) is 18.4 Å². The fourth-order valence-corrected chi connectivity index (χ4v) is 3.54. The summed E-state index contributed by atoms with van der Waals surface area (Å²) in [5.74, 6) is -0.750. The van der Waals surface area contributed by atoms with Gasteiger partial charge in [0.05, 0.1) is 15.5 Å². The molecule has 2 aromatic carbocycles. The molecule has 9 nitrogen and oxygen atoms in total. The highest BCUT2D eigenvalue weighted by atomic mass is 35.5. The second-order valence-corrected chi connectivity index (χ2v) is 8.24. The number of hydrogen-bond donors (Lipinski definition) is 1. The number of nitrogens with zero attached hydrogens (tertiary/aromatic N) is 2. The lowest BCUT2D eigenvalue weighted by Gasteiger charge is -2.07. The molecule has 0 aliphatic carbocycles. The molecule has 0 spiro atoms. The van der Waals surface area contributed by atoms with Crippen LogP contribution in [0.4, 0.5) is 0 Å². The van der Waals surface area contributed by atoms with Crippen molar-refractivity contribution < 1.29 is 27.3 Å². The highest BCUT2D eigenvalue weighted by Crippen LogP contribution is 2.25. The Morgan fingerprint density at radius 1 is 1.13 bits per heavy atom. The van der Waals surface area contributed by atoms with E-state index in [1.807, 2.05) is 0 Å². The first-order valence-corrected chi connectivity index (χ1v) is 10.5. The predicted octanol–water partition coefficient (Wildman–Crippen LogP) is 2.61. The molecule has 0 amide bonds. The van der Waals surface area contributed by atoms with E-state index in [1.54, 1.807) is 24.3 Å². The Balaban J connectivity index is 1.54. The van der Waals surface area contributed by atoms with Gasteiger partial charge in [0.2, 0.25) is 15.8 Å². The number of Topliss-reactive ketones (excluding diaryl/α,β-unsaturated/α-hetero) is 1. The van der Waals surface area contributed by atoms with Crippen molar-refractivity contribution >= 4 is 33.4 Å². The molecule has 3 rings (SSSR count). The second kappa shape index (κ2) is 9.16. The summed E-state index contributed by atoms with van der Waals surface area (Å²) in [6.45, 7) is 0.479. The minimum Gasteiger partial charge on any atom is -0.456 e. The van der Waals surface area contributed by atoms with Gasteiger partial charge in [-0.05, 0) is 31.2 Å². The summed E-state index contributed by atoms with van der Waals surface area (Å²) in [6, 6.07) is 12.2. The van der Waals surface area contributed by atoms with Crippen LogP contribution in [0.1, 0.15) is 23.1 Å². The average molecular weight is 450 g/mol. The lowest BCUT2D eigenvalue weighted by atomic mass is 10.2. The summed E-state index contributed by atoms with van der Waals surface area (Å²) in [5, 5.41) is 4.12. The normalized spacial score (nSPS) is 11.3. The first-order valence-electron chi connectivity index (χ1n) is 8.60. The third kappa shape index (κ3) is 5.29. The van der Waals surface area contributed by atoms with E-state index in [-0.39, 0.29) is 29.0 Å².